The second kappa shape index (κ2) is 17.5. The highest BCUT2D eigenvalue weighted by atomic mass is 15.0. The van der Waals surface area contributed by atoms with Gasteiger partial charge in [0.05, 0.1) is 27.5 Å². The van der Waals surface area contributed by atoms with Crippen molar-refractivity contribution in [3.8, 4) is 55.9 Å². The highest BCUT2D eigenvalue weighted by Crippen LogP contribution is 2.60. The summed E-state index contributed by atoms with van der Waals surface area (Å²) in [4.78, 5) is 0. The van der Waals surface area contributed by atoms with Gasteiger partial charge in [-0.05, 0) is 157 Å². The van der Waals surface area contributed by atoms with Gasteiger partial charge in [-0.15, -0.1) is 0 Å². The minimum absolute atomic E-state index is 0.564. The third-order valence-corrected chi connectivity index (χ3v) is 17.4. The van der Waals surface area contributed by atoms with Crippen LogP contribution in [0.1, 0.15) is 33.4 Å². The molecule has 0 unspecified atom stereocenters. The molecular weight excluding hydrogens is 953 g/mol. The topological polar surface area (TPSA) is 9.86 Å². The number of aromatic nitrogens is 2. The third kappa shape index (κ3) is 6.52. The van der Waals surface area contributed by atoms with Gasteiger partial charge in [-0.25, -0.2) is 0 Å². The van der Waals surface area contributed by atoms with E-state index in [1.54, 1.807) is 0 Å². The van der Waals surface area contributed by atoms with E-state index in [1.807, 2.05) is 0 Å². The van der Waals surface area contributed by atoms with E-state index in [4.69, 9.17) is 0 Å². The first-order chi connectivity index (χ1) is 39.1. The number of nitrogens with zero attached hydrogens (tertiary/aromatic N) is 2. The van der Waals surface area contributed by atoms with Crippen LogP contribution in [0.5, 0.6) is 0 Å². The molecule has 1 aliphatic rings. The van der Waals surface area contributed by atoms with Gasteiger partial charge in [0.25, 0.3) is 0 Å². The van der Waals surface area contributed by atoms with Crippen LogP contribution in [0.2, 0.25) is 0 Å². The molecule has 2 nitrogen and oxygen atoms in total. The van der Waals surface area contributed by atoms with Gasteiger partial charge in [-0.1, -0.05) is 236 Å². The van der Waals surface area contributed by atoms with E-state index in [0.717, 1.165) is 11.4 Å². The molecule has 0 saturated heterocycles. The Bertz CT molecular complexity index is 4680. The maximum Gasteiger partial charge on any atom is 0.0713 e. The summed E-state index contributed by atoms with van der Waals surface area (Å²) >= 11 is 0. The summed E-state index contributed by atoms with van der Waals surface area (Å²) in [7, 11) is 0. The smallest absolute Gasteiger partial charge is 0.0713 e. The molecule has 0 fully saturated rings. The molecule has 16 rings (SSSR count). The monoisotopic (exact) mass is 1000 g/mol. The molecule has 13 aromatic carbocycles. The third-order valence-electron chi connectivity index (χ3n) is 17.4. The Morgan fingerprint density at radius 1 is 0.253 bits per heavy atom. The van der Waals surface area contributed by atoms with Crippen molar-refractivity contribution in [1.29, 1.82) is 0 Å². The van der Waals surface area contributed by atoms with Crippen molar-refractivity contribution in [3.63, 3.8) is 0 Å². The summed E-state index contributed by atoms with van der Waals surface area (Å²) < 4.78 is 4.87. The first kappa shape index (κ1) is 45.2. The molecule has 15 aromatic rings. The van der Waals surface area contributed by atoms with Crippen LogP contribution in [0, 0.1) is 13.8 Å². The predicted octanol–water partition coefficient (Wildman–Crippen LogP) is 20.2. The Labute approximate surface area is 459 Å². The van der Waals surface area contributed by atoms with Crippen molar-refractivity contribution in [2.45, 2.75) is 19.3 Å². The maximum atomic E-state index is 2.53. The quantitative estimate of drug-likeness (QED) is 0.141. The molecule has 0 aliphatic heterocycles. The average Bonchev–Trinajstić information content (AvgIpc) is 4.36. The van der Waals surface area contributed by atoms with Gasteiger partial charge in [0.15, 0.2) is 0 Å². The van der Waals surface area contributed by atoms with E-state index in [1.165, 1.54) is 143 Å². The number of hydrogen-bond acceptors (Lipinski definition) is 0. The molecule has 2 heteroatoms. The lowest BCUT2D eigenvalue weighted by molar-refractivity contribution is 0.767. The molecular formula is C77H52N2. The Hall–Kier alpha value is -10.0. The van der Waals surface area contributed by atoms with Gasteiger partial charge in [-0.3, -0.25) is 0 Å². The first-order valence-electron chi connectivity index (χ1n) is 27.6. The van der Waals surface area contributed by atoms with Crippen LogP contribution in [0.15, 0.2) is 279 Å². The molecule has 2 aromatic heterocycles. The van der Waals surface area contributed by atoms with Gasteiger partial charge in [0.1, 0.15) is 0 Å². The lowest BCUT2D eigenvalue weighted by atomic mass is 9.67. The van der Waals surface area contributed by atoms with Crippen molar-refractivity contribution in [1.82, 2.24) is 9.13 Å². The number of fused-ring (bicyclic) bond motifs is 11. The SMILES string of the molecule is Cc1ccc(C2(c3ccc(C)cc3)c3ccccc3-c3c(-c4c5cccc(-c6cccc7c6c6ccccc6n7-c6ccccc6)c5cc5c(-c6cccc7c6c6ccccc6n7-c6ccccc6)cccc45)cccc32)cc1. The number of rotatable bonds is 7. The summed E-state index contributed by atoms with van der Waals surface area (Å²) in [6, 6.07) is 105. The number of aryl methyl sites for hydroxylation is 2. The summed E-state index contributed by atoms with van der Waals surface area (Å²) in [6.07, 6.45) is 0. The highest BCUT2D eigenvalue weighted by molar-refractivity contribution is 6.25. The van der Waals surface area contributed by atoms with Crippen molar-refractivity contribution in [2.24, 2.45) is 0 Å². The fraction of sp³-hybridized carbons (Fsp3) is 0.0390. The van der Waals surface area contributed by atoms with E-state index >= 15 is 0 Å². The van der Waals surface area contributed by atoms with E-state index in [-0.39, 0.29) is 0 Å². The molecule has 0 radical (unpaired) electrons. The van der Waals surface area contributed by atoms with Crippen molar-refractivity contribution in [2.75, 3.05) is 0 Å². The standard InChI is InChI=1S/C77H52N2/c1-49-40-44-51(45-41-49)77(52-46-42-50(2)43-47-52)67-34-12-9-24-61(67)74-64(33-17-35-68(74)77)73-59-29-15-27-55(57-31-18-38-71-75(57)62-25-10-13-36-69(62)78(71)53-20-5-3-6-21-53)65(59)48-66-56(28-16-30-60(66)73)58-32-19-39-72-76(58)63-26-11-14-37-70(63)79(72)54-22-7-4-8-23-54/h3-48H,1-2H3. The summed E-state index contributed by atoms with van der Waals surface area (Å²) in [6.45, 7) is 4.38. The maximum absolute atomic E-state index is 2.53. The van der Waals surface area contributed by atoms with Gasteiger partial charge >= 0.3 is 0 Å². The number of hydrogen-bond donors (Lipinski definition) is 0. The molecule has 0 spiro atoms. The van der Waals surface area contributed by atoms with Crippen LogP contribution in [0.3, 0.4) is 0 Å². The zero-order valence-electron chi connectivity index (χ0n) is 44.0. The second-order valence-corrected chi connectivity index (χ2v) is 21.6. The Kier molecular flexibility index (Phi) is 10.0. The van der Waals surface area contributed by atoms with E-state index in [9.17, 15) is 0 Å². The Morgan fingerprint density at radius 3 is 1.16 bits per heavy atom. The van der Waals surface area contributed by atoms with Gasteiger partial charge in [-0.2, -0.15) is 0 Å². The lowest BCUT2D eigenvalue weighted by Crippen LogP contribution is -2.28. The summed E-state index contributed by atoms with van der Waals surface area (Å²) in [5.74, 6) is 0. The molecule has 0 saturated carbocycles. The molecule has 79 heavy (non-hydrogen) atoms. The fourth-order valence-corrected chi connectivity index (χ4v) is 14.1. The molecule has 0 bridgehead atoms. The number of para-hydroxylation sites is 4. The van der Waals surface area contributed by atoms with Crippen LogP contribution >= 0.6 is 0 Å². The van der Waals surface area contributed by atoms with Crippen molar-refractivity contribution < 1.29 is 0 Å². The normalized spacial score (nSPS) is 12.8. The Balaban J connectivity index is 1.05. The van der Waals surface area contributed by atoms with E-state index in [2.05, 4.69) is 302 Å². The van der Waals surface area contributed by atoms with E-state index < -0.39 is 5.41 Å². The average molecular weight is 1010 g/mol. The molecule has 370 valence electrons. The van der Waals surface area contributed by atoms with Crippen LogP contribution in [0.4, 0.5) is 0 Å². The minimum Gasteiger partial charge on any atom is -0.309 e. The zero-order chi connectivity index (χ0) is 52.3. The summed E-state index contributed by atoms with van der Waals surface area (Å²) in [5, 5.41) is 9.84. The van der Waals surface area contributed by atoms with Crippen molar-refractivity contribution in [3.05, 3.63) is 312 Å². The second-order valence-electron chi connectivity index (χ2n) is 21.6. The molecule has 1 aliphatic carbocycles. The van der Waals surface area contributed by atoms with Gasteiger partial charge in [0.2, 0.25) is 0 Å². The number of benzene rings is 13. The molecule has 2 heterocycles. The van der Waals surface area contributed by atoms with Crippen LogP contribution in [-0.4, -0.2) is 9.13 Å². The summed E-state index contributed by atoms with van der Waals surface area (Å²) in [5.41, 5.74) is 24.0. The van der Waals surface area contributed by atoms with Crippen LogP contribution < -0.4 is 0 Å². The van der Waals surface area contributed by atoms with E-state index in [0.29, 0.717) is 0 Å². The molecule has 0 amide bonds. The molecule has 0 N–H and O–H groups in total. The van der Waals surface area contributed by atoms with Gasteiger partial charge in [0, 0.05) is 32.9 Å². The first-order valence-corrected chi connectivity index (χ1v) is 27.6. The fourth-order valence-electron chi connectivity index (χ4n) is 14.1. The van der Waals surface area contributed by atoms with Crippen molar-refractivity contribution >= 4 is 65.2 Å². The minimum atomic E-state index is -0.564. The predicted molar refractivity (Wildman–Crippen MR) is 333 cm³/mol. The van der Waals surface area contributed by atoms with Gasteiger partial charge < -0.3 is 9.13 Å². The zero-order valence-corrected chi connectivity index (χ0v) is 44.0. The lowest BCUT2D eigenvalue weighted by Gasteiger charge is -2.34. The van der Waals surface area contributed by atoms with Crippen LogP contribution in [-0.2, 0) is 5.41 Å². The molecule has 0 atom stereocenters. The largest absolute Gasteiger partial charge is 0.309 e. The highest BCUT2D eigenvalue weighted by Gasteiger charge is 2.47. The van der Waals surface area contributed by atoms with Crippen LogP contribution in [0.25, 0.3) is 121 Å². The Morgan fingerprint density at radius 2 is 0.633 bits per heavy atom.